The van der Waals surface area contributed by atoms with Gasteiger partial charge in [0.1, 0.15) is 0 Å². The van der Waals surface area contributed by atoms with Gasteiger partial charge in [-0.15, -0.1) is 0 Å². The smallest absolute Gasteiger partial charge is 0.335 e. The summed E-state index contributed by atoms with van der Waals surface area (Å²) in [7, 11) is 0. The van der Waals surface area contributed by atoms with Gasteiger partial charge in [0.05, 0.1) is 5.56 Å². The van der Waals surface area contributed by atoms with Crippen molar-refractivity contribution < 1.29 is 14.7 Å². The summed E-state index contributed by atoms with van der Waals surface area (Å²) in [6.07, 6.45) is 2.06. The number of benzene rings is 2. The van der Waals surface area contributed by atoms with E-state index in [0.29, 0.717) is 19.5 Å². The van der Waals surface area contributed by atoms with E-state index in [9.17, 15) is 9.59 Å². The number of nitrogens with zero attached hydrogens (tertiary/aromatic N) is 1. The van der Waals surface area contributed by atoms with Gasteiger partial charge in [0.25, 0.3) is 0 Å². The Kier molecular flexibility index (Phi) is 5.12. The SMILES string of the molecule is CC(C)(CCC(=O)N1CCc2ccc(C(=O)O)cc2C1)c1ccccc1. The van der Waals surface area contributed by atoms with E-state index >= 15 is 0 Å². The molecule has 2 aromatic carbocycles. The van der Waals surface area contributed by atoms with Gasteiger partial charge >= 0.3 is 5.97 Å². The number of carboxylic acids is 1. The van der Waals surface area contributed by atoms with Gasteiger partial charge in [0.2, 0.25) is 5.91 Å². The number of fused-ring (bicyclic) bond motifs is 1. The minimum Gasteiger partial charge on any atom is -0.478 e. The second-order valence-corrected chi connectivity index (χ2v) is 7.60. The fourth-order valence-corrected chi connectivity index (χ4v) is 3.51. The summed E-state index contributed by atoms with van der Waals surface area (Å²) in [4.78, 5) is 25.7. The molecule has 4 nitrogen and oxygen atoms in total. The molecular weight excluding hydrogens is 326 g/mol. The van der Waals surface area contributed by atoms with Crippen LogP contribution in [-0.4, -0.2) is 28.4 Å². The summed E-state index contributed by atoms with van der Waals surface area (Å²) < 4.78 is 0. The summed E-state index contributed by atoms with van der Waals surface area (Å²) in [6.45, 7) is 5.53. The molecule has 0 aromatic heterocycles. The first kappa shape index (κ1) is 18.2. The Bertz CT molecular complexity index is 811. The lowest BCUT2D eigenvalue weighted by Gasteiger charge is -2.31. The van der Waals surface area contributed by atoms with Crippen molar-refractivity contribution in [3.63, 3.8) is 0 Å². The second-order valence-electron chi connectivity index (χ2n) is 7.60. The van der Waals surface area contributed by atoms with Gasteiger partial charge in [0.15, 0.2) is 0 Å². The molecule has 0 spiro atoms. The van der Waals surface area contributed by atoms with Crippen LogP contribution in [0.4, 0.5) is 0 Å². The second kappa shape index (κ2) is 7.32. The average Bonchev–Trinajstić information content (AvgIpc) is 2.66. The Labute approximate surface area is 154 Å². The van der Waals surface area contributed by atoms with Crippen LogP contribution < -0.4 is 0 Å². The topological polar surface area (TPSA) is 57.6 Å². The molecule has 0 aliphatic carbocycles. The minimum atomic E-state index is -0.930. The number of carbonyl (C=O) groups excluding carboxylic acids is 1. The Morgan fingerprint density at radius 2 is 1.81 bits per heavy atom. The van der Waals surface area contributed by atoms with Crippen LogP contribution in [-0.2, 0) is 23.2 Å². The average molecular weight is 351 g/mol. The lowest BCUT2D eigenvalue weighted by molar-refractivity contribution is -0.132. The largest absolute Gasteiger partial charge is 0.478 e. The Morgan fingerprint density at radius 1 is 1.08 bits per heavy atom. The van der Waals surface area contributed by atoms with E-state index < -0.39 is 5.97 Å². The standard InChI is InChI=1S/C22H25NO3/c1-22(2,19-6-4-3-5-7-19)12-10-20(24)23-13-11-16-8-9-17(21(25)26)14-18(16)15-23/h3-9,14H,10-13,15H2,1-2H3,(H,25,26). The molecule has 0 saturated carbocycles. The van der Waals surface area contributed by atoms with Crippen molar-refractivity contribution in [2.24, 2.45) is 0 Å². The van der Waals surface area contributed by atoms with Gasteiger partial charge in [-0.25, -0.2) is 4.79 Å². The van der Waals surface area contributed by atoms with Crippen LogP contribution in [0.1, 0.15) is 53.7 Å². The molecule has 0 saturated heterocycles. The molecule has 4 heteroatoms. The van der Waals surface area contributed by atoms with Crippen molar-refractivity contribution in [1.29, 1.82) is 0 Å². The van der Waals surface area contributed by atoms with Crippen LogP contribution in [0, 0.1) is 0 Å². The minimum absolute atomic E-state index is 0.0545. The van der Waals surface area contributed by atoms with E-state index in [-0.39, 0.29) is 16.9 Å². The summed E-state index contributed by atoms with van der Waals surface area (Å²) in [5.74, 6) is -0.791. The highest BCUT2D eigenvalue weighted by atomic mass is 16.4. The molecule has 136 valence electrons. The number of carbonyl (C=O) groups is 2. The summed E-state index contributed by atoms with van der Waals surface area (Å²) in [6, 6.07) is 15.5. The molecular formula is C22H25NO3. The maximum atomic E-state index is 12.7. The van der Waals surface area contributed by atoms with Crippen LogP contribution in [0.5, 0.6) is 0 Å². The van der Waals surface area contributed by atoms with Crippen LogP contribution in [0.15, 0.2) is 48.5 Å². The first-order valence-electron chi connectivity index (χ1n) is 9.05. The van der Waals surface area contributed by atoms with Gasteiger partial charge in [-0.2, -0.15) is 0 Å². The summed E-state index contributed by atoms with van der Waals surface area (Å²) in [5.41, 5.74) is 3.56. The summed E-state index contributed by atoms with van der Waals surface area (Å²) >= 11 is 0. The van der Waals surface area contributed by atoms with Crippen molar-refractivity contribution in [2.45, 2.75) is 45.1 Å². The monoisotopic (exact) mass is 351 g/mol. The number of carboxylic acid groups (broad SMARTS) is 1. The zero-order valence-corrected chi connectivity index (χ0v) is 15.4. The zero-order chi connectivity index (χ0) is 18.7. The van der Waals surface area contributed by atoms with Gasteiger partial charge in [-0.05, 0) is 47.1 Å². The highest BCUT2D eigenvalue weighted by Gasteiger charge is 2.25. The van der Waals surface area contributed by atoms with Crippen molar-refractivity contribution in [2.75, 3.05) is 6.54 Å². The van der Waals surface area contributed by atoms with Crippen molar-refractivity contribution >= 4 is 11.9 Å². The number of hydrogen-bond donors (Lipinski definition) is 1. The lowest BCUT2D eigenvalue weighted by atomic mass is 9.80. The van der Waals surface area contributed by atoms with Crippen molar-refractivity contribution in [1.82, 2.24) is 4.90 Å². The van der Waals surface area contributed by atoms with Gasteiger partial charge in [-0.1, -0.05) is 50.2 Å². The number of aromatic carboxylic acids is 1. The van der Waals surface area contributed by atoms with E-state index in [1.54, 1.807) is 12.1 Å². The molecule has 1 N–H and O–H groups in total. The molecule has 0 unspecified atom stereocenters. The maximum absolute atomic E-state index is 12.7. The van der Waals surface area contributed by atoms with Crippen LogP contribution in [0.2, 0.25) is 0 Å². The quantitative estimate of drug-likeness (QED) is 0.885. The van der Waals surface area contributed by atoms with Crippen molar-refractivity contribution in [3.8, 4) is 0 Å². The van der Waals surface area contributed by atoms with Crippen molar-refractivity contribution in [3.05, 3.63) is 70.8 Å². The fourth-order valence-electron chi connectivity index (χ4n) is 3.51. The molecule has 1 aliphatic heterocycles. The van der Waals surface area contributed by atoms with E-state index in [1.807, 2.05) is 29.2 Å². The third kappa shape index (κ3) is 3.96. The van der Waals surface area contributed by atoms with Crippen LogP contribution >= 0.6 is 0 Å². The Balaban J connectivity index is 1.64. The summed E-state index contributed by atoms with van der Waals surface area (Å²) in [5, 5.41) is 9.16. The number of rotatable bonds is 5. The van der Waals surface area contributed by atoms with E-state index in [4.69, 9.17) is 5.11 Å². The van der Waals surface area contributed by atoms with Gasteiger partial charge in [0, 0.05) is 19.5 Å². The predicted octanol–water partition coefficient (Wildman–Crippen LogP) is 4.03. The maximum Gasteiger partial charge on any atom is 0.335 e. The van der Waals surface area contributed by atoms with Gasteiger partial charge in [-0.3, -0.25) is 4.79 Å². The molecule has 0 atom stereocenters. The third-order valence-electron chi connectivity index (χ3n) is 5.34. The molecule has 1 amide bonds. The van der Waals surface area contributed by atoms with Gasteiger partial charge < -0.3 is 10.0 Å². The molecule has 0 radical (unpaired) electrons. The third-order valence-corrected chi connectivity index (χ3v) is 5.34. The zero-order valence-electron chi connectivity index (χ0n) is 15.4. The first-order valence-corrected chi connectivity index (χ1v) is 9.05. The molecule has 0 bridgehead atoms. The molecule has 1 heterocycles. The first-order chi connectivity index (χ1) is 12.4. The highest BCUT2D eigenvalue weighted by Crippen LogP contribution is 2.29. The number of hydrogen-bond acceptors (Lipinski definition) is 2. The molecule has 1 aliphatic rings. The molecule has 2 aromatic rings. The van der Waals surface area contributed by atoms with E-state index in [0.717, 1.165) is 24.0 Å². The lowest BCUT2D eigenvalue weighted by Crippen LogP contribution is -2.36. The molecule has 0 fully saturated rings. The van der Waals surface area contributed by atoms with E-state index in [2.05, 4.69) is 26.0 Å². The van der Waals surface area contributed by atoms with Crippen LogP contribution in [0.25, 0.3) is 0 Å². The normalized spacial score (nSPS) is 14.0. The molecule has 26 heavy (non-hydrogen) atoms. The molecule has 3 rings (SSSR count). The highest BCUT2D eigenvalue weighted by molar-refractivity contribution is 5.88. The predicted molar refractivity (Wildman–Crippen MR) is 101 cm³/mol. The van der Waals surface area contributed by atoms with E-state index in [1.165, 1.54) is 5.56 Å². The number of amides is 1. The fraction of sp³-hybridized carbons (Fsp3) is 0.364. The Hall–Kier alpha value is -2.62. The van der Waals surface area contributed by atoms with Crippen LogP contribution in [0.3, 0.4) is 0 Å². The Morgan fingerprint density at radius 3 is 2.50 bits per heavy atom.